The first-order valence-corrected chi connectivity index (χ1v) is 7.64. The molecule has 0 heterocycles. The van der Waals surface area contributed by atoms with Gasteiger partial charge >= 0.3 is 0 Å². The van der Waals surface area contributed by atoms with Crippen molar-refractivity contribution in [1.29, 1.82) is 0 Å². The van der Waals surface area contributed by atoms with Crippen LogP contribution < -0.4 is 0 Å². The SMILES string of the molecule is [c]1cccc2c1-c1cc3c(cc1CC2)-c1ccccc1C3. The van der Waals surface area contributed by atoms with Crippen molar-refractivity contribution >= 4 is 0 Å². The maximum Gasteiger partial charge on any atom is -0.00132 e. The van der Waals surface area contributed by atoms with Gasteiger partial charge in [0, 0.05) is 0 Å². The molecule has 0 atom stereocenters. The van der Waals surface area contributed by atoms with E-state index in [1.807, 2.05) is 6.07 Å². The molecule has 0 N–H and O–H groups in total. The molecule has 0 unspecified atom stereocenters. The van der Waals surface area contributed by atoms with Gasteiger partial charge in [0.25, 0.3) is 0 Å². The zero-order valence-electron chi connectivity index (χ0n) is 11.8. The summed E-state index contributed by atoms with van der Waals surface area (Å²) in [5, 5.41) is 0. The van der Waals surface area contributed by atoms with Crippen LogP contribution in [0.3, 0.4) is 0 Å². The molecule has 0 aromatic heterocycles. The number of fused-ring (bicyclic) bond motifs is 6. The van der Waals surface area contributed by atoms with Crippen LogP contribution in [0.15, 0.2) is 54.6 Å². The number of benzene rings is 3. The van der Waals surface area contributed by atoms with Gasteiger partial charge in [-0.3, -0.25) is 0 Å². The van der Waals surface area contributed by atoms with Gasteiger partial charge in [0.2, 0.25) is 0 Å². The summed E-state index contributed by atoms with van der Waals surface area (Å²) >= 11 is 0. The van der Waals surface area contributed by atoms with Crippen LogP contribution in [-0.2, 0) is 19.3 Å². The summed E-state index contributed by atoms with van der Waals surface area (Å²) in [6.07, 6.45) is 3.36. The molecule has 5 rings (SSSR count). The number of hydrogen-bond acceptors (Lipinski definition) is 0. The van der Waals surface area contributed by atoms with Crippen LogP contribution in [0, 0.1) is 6.07 Å². The summed E-state index contributed by atoms with van der Waals surface area (Å²) in [6.45, 7) is 0. The molecule has 0 saturated carbocycles. The highest BCUT2D eigenvalue weighted by atomic mass is 14.3. The average molecular weight is 267 g/mol. The van der Waals surface area contributed by atoms with Crippen LogP contribution in [0.1, 0.15) is 22.3 Å². The minimum Gasteiger partial charge on any atom is -0.0619 e. The summed E-state index contributed by atoms with van der Waals surface area (Å²) in [5.74, 6) is 0. The van der Waals surface area contributed by atoms with Crippen molar-refractivity contribution in [2.75, 3.05) is 0 Å². The topological polar surface area (TPSA) is 0 Å². The Kier molecular flexibility index (Phi) is 2.20. The Morgan fingerprint density at radius 1 is 0.667 bits per heavy atom. The van der Waals surface area contributed by atoms with Gasteiger partial charge in [0.05, 0.1) is 0 Å². The Morgan fingerprint density at radius 3 is 2.48 bits per heavy atom. The van der Waals surface area contributed by atoms with Crippen molar-refractivity contribution in [3.63, 3.8) is 0 Å². The maximum atomic E-state index is 3.46. The molecule has 2 aliphatic rings. The molecule has 0 heteroatoms. The van der Waals surface area contributed by atoms with Gasteiger partial charge in [-0.1, -0.05) is 48.5 Å². The van der Waals surface area contributed by atoms with E-state index in [1.54, 1.807) is 0 Å². The molecule has 0 amide bonds. The summed E-state index contributed by atoms with van der Waals surface area (Å²) in [7, 11) is 0. The van der Waals surface area contributed by atoms with Crippen LogP contribution in [0.4, 0.5) is 0 Å². The standard InChI is InChI=1S/C21H15/c1-3-7-18-14(5-1)9-10-16-12-21-17(13-20(16)18)11-15-6-2-4-8-19(15)21/h1-6,8,12-13H,9-11H2. The van der Waals surface area contributed by atoms with Crippen LogP contribution in [0.25, 0.3) is 22.3 Å². The van der Waals surface area contributed by atoms with Crippen LogP contribution in [0.5, 0.6) is 0 Å². The summed E-state index contributed by atoms with van der Waals surface area (Å²) in [4.78, 5) is 0. The summed E-state index contributed by atoms with van der Waals surface area (Å²) < 4.78 is 0. The lowest BCUT2D eigenvalue weighted by molar-refractivity contribution is 0.940. The first-order chi connectivity index (χ1) is 10.4. The fourth-order valence-electron chi connectivity index (χ4n) is 3.87. The Hall–Kier alpha value is -2.34. The van der Waals surface area contributed by atoms with E-state index in [2.05, 4.69) is 54.6 Å². The molecule has 99 valence electrons. The Balaban J connectivity index is 1.76. The first-order valence-electron chi connectivity index (χ1n) is 7.64. The van der Waals surface area contributed by atoms with Crippen LogP contribution >= 0.6 is 0 Å². The highest BCUT2D eigenvalue weighted by molar-refractivity contribution is 5.83. The van der Waals surface area contributed by atoms with Crippen molar-refractivity contribution in [3.8, 4) is 22.3 Å². The van der Waals surface area contributed by atoms with Crippen molar-refractivity contribution in [2.24, 2.45) is 0 Å². The van der Waals surface area contributed by atoms with Crippen molar-refractivity contribution in [3.05, 3.63) is 82.9 Å². The quantitative estimate of drug-likeness (QED) is 0.428. The molecule has 3 aromatic rings. The van der Waals surface area contributed by atoms with Crippen molar-refractivity contribution in [2.45, 2.75) is 19.3 Å². The first kappa shape index (κ1) is 11.3. The van der Waals surface area contributed by atoms with E-state index in [0.717, 1.165) is 19.3 Å². The second-order valence-electron chi connectivity index (χ2n) is 6.07. The molecule has 1 radical (unpaired) electrons. The molecule has 0 aliphatic heterocycles. The number of hydrogen-bond donors (Lipinski definition) is 0. The Bertz CT molecular complexity index is 871. The lowest BCUT2D eigenvalue weighted by atomic mass is 9.83. The molecule has 3 aromatic carbocycles. The van der Waals surface area contributed by atoms with Crippen LogP contribution in [-0.4, -0.2) is 0 Å². The molecule has 2 aliphatic carbocycles. The molecule has 0 spiro atoms. The highest BCUT2D eigenvalue weighted by Crippen LogP contribution is 2.42. The third-order valence-electron chi connectivity index (χ3n) is 4.89. The molecule has 21 heavy (non-hydrogen) atoms. The minimum atomic E-state index is 1.07. The van der Waals surface area contributed by atoms with Crippen molar-refractivity contribution < 1.29 is 0 Å². The third kappa shape index (κ3) is 1.56. The lowest BCUT2D eigenvalue weighted by Gasteiger charge is -2.21. The predicted molar refractivity (Wildman–Crippen MR) is 86.4 cm³/mol. The fraction of sp³-hybridized carbons (Fsp3) is 0.143. The van der Waals surface area contributed by atoms with Crippen molar-refractivity contribution in [1.82, 2.24) is 0 Å². The van der Waals surface area contributed by atoms with Gasteiger partial charge in [-0.15, -0.1) is 0 Å². The Morgan fingerprint density at radius 2 is 1.48 bits per heavy atom. The van der Waals surface area contributed by atoms with Gasteiger partial charge in [-0.05, 0) is 75.9 Å². The van der Waals surface area contributed by atoms with Crippen LogP contribution in [0.2, 0.25) is 0 Å². The molecular formula is C21H15. The van der Waals surface area contributed by atoms with E-state index < -0.39 is 0 Å². The van der Waals surface area contributed by atoms with Gasteiger partial charge in [-0.25, -0.2) is 0 Å². The summed E-state index contributed by atoms with van der Waals surface area (Å²) in [5.41, 5.74) is 11.5. The maximum absolute atomic E-state index is 3.46. The second kappa shape index (κ2) is 4.08. The van der Waals surface area contributed by atoms with E-state index in [9.17, 15) is 0 Å². The highest BCUT2D eigenvalue weighted by Gasteiger charge is 2.23. The van der Waals surface area contributed by atoms with E-state index >= 15 is 0 Å². The van der Waals surface area contributed by atoms with Gasteiger partial charge in [0.1, 0.15) is 0 Å². The molecular weight excluding hydrogens is 252 g/mol. The van der Waals surface area contributed by atoms with Gasteiger partial charge in [-0.2, -0.15) is 0 Å². The van der Waals surface area contributed by atoms with E-state index in [1.165, 1.54) is 44.5 Å². The molecule has 0 saturated heterocycles. The molecule has 0 bridgehead atoms. The van der Waals surface area contributed by atoms with E-state index in [-0.39, 0.29) is 0 Å². The van der Waals surface area contributed by atoms with E-state index in [0.29, 0.717) is 0 Å². The smallest absolute Gasteiger partial charge is 0.00132 e. The molecule has 0 nitrogen and oxygen atoms in total. The number of rotatable bonds is 0. The second-order valence-corrected chi connectivity index (χ2v) is 6.07. The normalized spacial score (nSPS) is 14.1. The lowest BCUT2D eigenvalue weighted by Crippen LogP contribution is -2.04. The van der Waals surface area contributed by atoms with Gasteiger partial charge < -0.3 is 0 Å². The Labute approximate surface area is 125 Å². The van der Waals surface area contributed by atoms with Gasteiger partial charge in [0.15, 0.2) is 0 Å². The predicted octanol–water partition coefficient (Wildman–Crippen LogP) is 4.82. The monoisotopic (exact) mass is 267 g/mol. The molecule has 0 fully saturated rings. The minimum absolute atomic E-state index is 1.07. The largest absolute Gasteiger partial charge is 0.0619 e. The third-order valence-corrected chi connectivity index (χ3v) is 4.89. The summed E-state index contributed by atoms with van der Waals surface area (Å²) in [6, 6.07) is 23.5. The zero-order chi connectivity index (χ0) is 13.8. The average Bonchev–Trinajstić information content (AvgIpc) is 2.90. The number of aryl methyl sites for hydroxylation is 2. The van der Waals surface area contributed by atoms with E-state index in [4.69, 9.17) is 0 Å². The fourth-order valence-corrected chi connectivity index (χ4v) is 3.87. The zero-order valence-corrected chi connectivity index (χ0v) is 11.8.